The fourth-order valence-electron chi connectivity index (χ4n) is 3.25. The molecule has 0 spiro atoms. The molecule has 1 aliphatic heterocycles. The summed E-state index contributed by atoms with van der Waals surface area (Å²) in [4.78, 5) is 12.4. The number of piperidine rings is 1. The van der Waals surface area contributed by atoms with Crippen molar-refractivity contribution in [1.29, 1.82) is 0 Å². The number of rotatable bonds is 7. The average Bonchev–Trinajstić information content (AvgIpc) is 2.98. The van der Waals surface area contributed by atoms with Gasteiger partial charge in [0.1, 0.15) is 0 Å². The summed E-state index contributed by atoms with van der Waals surface area (Å²) in [6.07, 6.45) is 7.01. The van der Waals surface area contributed by atoms with Crippen LogP contribution >= 0.6 is 0 Å². The number of amides is 1. The van der Waals surface area contributed by atoms with Crippen LogP contribution in [0.2, 0.25) is 0 Å². The number of hydrogen-bond acceptors (Lipinski definition) is 4. The van der Waals surface area contributed by atoms with E-state index >= 15 is 0 Å². The number of nitrogens with one attached hydrogen (secondary N) is 2. The van der Waals surface area contributed by atoms with Gasteiger partial charge in [-0.15, -0.1) is 0 Å². The van der Waals surface area contributed by atoms with E-state index in [2.05, 4.69) is 10.6 Å². The van der Waals surface area contributed by atoms with Gasteiger partial charge in [-0.05, 0) is 38.8 Å². The third kappa shape index (κ3) is 4.17. The summed E-state index contributed by atoms with van der Waals surface area (Å²) in [5.74, 6) is 0.121. The Labute approximate surface area is 121 Å². The Hall–Kier alpha value is -0.650. The molecule has 1 aliphatic carbocycles. The average molecular weight is 284 g/mol. The van der Waals surface area contributed by atoms with Gasteiger partial charge in [-0.25, -0.2) is 0 Å². The summed E-state index contributed by atoms with van der Waals surface area (Å²) < 4.78 is 11.0. The van der Waals surface area contributed by atoms with Crippen LogP contribution in [0.15, 0.2) is 0 Å². The first-order valence-electron chi connectivity index (χ1n) is 7.86. The predicted octanol–water partition coefficient (Wildman–Crippen LogP) is 1.08. The Morgan fingerprint density at radius 3 is 2.65 bits per heavy atom. The molecule has 0 bridgehead atoms. The van der Waals surface area contributed by atoms with Gasteiger partial charge in [0, 0.05) is 13.7 Å². The molecular formula is C15H28N2O3. The van der Waals surface area contributed by atoms with Crippen LogP contribution in [0.3, 0.4) is 0 Å². The van der Waals surface area contributed by atoms with E-state index in [1.807, 2.05) is 0 Å². The summed E-state index contributed by atoms with van der Waals surface area (Å²) in [7, 11) is 1.67. The molecule has 5 nitrogen and oxygen atoms in total. The molecule has 0 atom stereocenters. The van der Waals surface area contributed by atoms with Gasteiger partial charge in [0.15, 0.2) is 0 Å². The lowest BCUT2D eigenvalue weighted by atomic mass is 9.78. The number of methoxy groups -OCH3 is 1. The van der Waals surface area contributed by atoms with Crippen LogP contribution in [0.1, 0.15) is 38.5 Å². The van der Waals surface area contributed by atoms with Crippen molar-refractivity contribution < 1.29 is 14.3 Å². The fourth-order valence-corrected chi connectivity index (χ4v) is 3.25. The monoisotopic (exact) mass is 284 g/mol. The molecule has 2 N–H and O–H groups in total. The van der Waals surface area contributed by atoms with Crippen molar-refractivity contribution in [3.63, 3.8) is 0 Å². The summed E-state index contributed by atoms with van der Waals surface area (Å²) in [6, 6.07) is 0. The van der Waals surface area contributed by atoms with Crippen LogP contribution in [-0.4, -0.2) is 52.0 Å². The van der Waals surface area contributed by atoms with E-state index < -0.39 is 0 Å². The van der Waals surface area contributed by atoms with E-state index in [0.717, 1.165) is 25.9 Å². The van der Waals surface area contributed by atoms with Crippen molar-refractivity contribution >= 4 is 5.91 Å². The van der Waals surface area contributed by atoms with E-state index in [9.17, 15) is 4.79 Å². The van der Waals surface area contributed by atoms with Crippen LogP contribution < -0.4 is 10.6 Å². The van der Waals surface area contributed by atoms with Gasteiger partial charge in [-0.3, -0.25) is 4.79 Å². The Kier molecular flexibility index (Phi) is 6.26. The van der Waals surface area contributed by atoms with Crippen LogP contribution in [0.25, 0.3) is 0 Å². The smallest absolute Gasteiger partial charge is 0.228 e. The van der Waals surface area contributed by atoms with Crippen LogP contribution in [0, 0.1) is 5.41 Å². The molecule has 0 aromatic rings. The number of hydrogen-bond donors (Lipinski definition) is 2. The Bertz CT molecular complexity index is 292. The minimum absolute atomic E-state index is 0.121. The van der Waals surface area contributed by atoms with Crippen LogP contribution in [0.4, 0.5) is 0 Å². The maximum Gasteiger partial charge on any atom is 0.228 e. The Balaban J connectivity index is 1.70. The molecule has 0 aromatic heterocycles. The van der Waals surface area contributed by atoms with Gasteiger partial charge >= 0.3 is 0 Å². The molecule has 1 saturated carbocycles. The highest BCUT2D eigenvalue weighted by Crippen LogP contribution is 2.29. The minimum atomic E-state index is -0.354. The first-order valence-corrected chi connectivity index (χ1v) is 7.86. The quantitative estimate of drug-likeness (QED) is 0.687. The van der Waals surface area contributed by atoms with Gasteiger partial charge < -0.3 is 20.1 Å². The van der Waals surface area contributed by atoms with Crippen molar-refractivity contribution in [2.45, 2.75) is 44.6 Å². The molecule has 0 radical (unpaired) electrons. The minimum Gasteiger partial charge on any atom is -0.384 e. The maximum absolute atomic E-state index is 12.4. The van der Waals surface area contributed by atoms with E-state index in [1.54, 1.807) is 7.11 Å². The molecule has 116 valence electrons. The summed E-state index contributed by atoms with van der Waals surface area (Å²) in [5, 5.41) is 6.33. The molecule has 2 aliphatic rings. The SMILES string of the molecule is COCC1(C(=O)NCCOC2CCCC2)CCNCC1. The van der Waals surface area contributed by atoms with E-state index in [4.69, 9.17) is 9.47 Å². The largest absolute Gasteiger partial charge is 0.384 e. The number of carbonyl (C=O) groups is 1. The fraction of sp³-hybridized carbons (Fsp3) is 0.933. The van der Waals surface area contributed by atoms with Crippen molar-refractivity contribution in [2.24, 2.45) is 5.41 Å². The standard InChI is InChI=1S/C15H28N2O3/c1-19-12-15(6-8-16-9-7-15)14(18)17-10-11-20-13-4-2-3-5-13/h13,16H,2-12H2,1H3,(H,17,18). The molecule has 1 amide bonds. The highest BCUT2D eigenvalue weighted by molar-refractivity contribution is 5.83. The highest BCUT2D eigenvalue weighted by Gasteiger charge is 2.39. The number of carbonyl (C=O) groups excluding carboxylic acids is 1. The van der Waals surface area contributed by atoms with E-state index in [0.29, 0.717) is 25.9 Å². The topological polar surface area (TPSA) is 59.6 Å². The second-order valence-electron chi connectivity index (χ2n) is 6.00. The zero-order valence-electron chi connectivity index (χ0n) is 12.6. The van der Waals surface area contributed by atoms with Crippen molar-refractivity contribution in [3.8, 4) is 0 Å². The summed E-state index contributed by atoms with van der Waals surface area (Å²) in [6.45, 7) is 3.50. The normalized spacial score (nSPS) is 22.9. The molecule has 2 rings (SSSR count). The van der Waals surface area contributed by atoms with Gasteiger partial charge in [0.25, 0.3) is 0 Å². The second-order valence-corrected chi connectivity index (χ2v) is 6.00. The zero-order valence-corrected chi connectivity index (χ0v) is 12.6. The predicted molar refractivity (Wildman–Crippen MR) is 77.6 cm³/mol. The van der Waals surface area contributed by atoms with Gasteiger partial charge in [-0.2, -0.15) is 0 Å². The lowest BCUT2D eigenvalue weighted by Crippen LogP contribution is -2.50. The highest BCUT2D eigenvalue weighted by atomic mass is 16.5. The van der Waals surface area contributed by atoms with Crippen LogP contribution in [0.5, 0.6) is 0 Å². The second kappa shape index (κ2) is 7.96. The third-order valence-electron chi connectivity index (χ3n) is 4.51. The molecule has 20 heavy (non-hydrogen) atoms. The molecule has 1 heterocycles. The van der Waals surface area contributed by atoms with Crippen molar-refractivity contribution in [2.75, 3.05) is 40.0 Å². The van der Waals surface area contributed by atoms with E-state index in [-0.39, 0.29) is 11.3 Å². The van der Waals surface area contributed by atoms with Crippen LogP contribution in [-0.2, 0) is 14.3 Å². The summed E-state index contributed by atoms with van der Waals surface area (Å²) in [5.41, 5.74) is -0.354. The van der Waals surface area contributed by atoms with Gasteiger partial charge in [-0.1, -0.05) is 12.8 Å². The zero-order chi connectivity index (χ0) is 14.3. The molecular weight excluding hydrogens is 256 g/mol. The Morgan fingerprint density at radius 1 is 1.30 bits per heavy atom. The van der Waals surface area contributed by atoms with Crippen molar-refractivity contribution in [3.05, 3.63) is 0 Å². The lowest BCUT2D eigenvalue weighted by Gasteiger charge is -2.35. The van der Waals surface area contributed by atoms with Gasteiger partial charge in [0.2, 0.25) is 5.91 Å². The first kappa shape index (κ1) is 15.7. The molecule has 5 heteroatoms. The Morgan fingerprint density at radius 2 is 2.00 bits per heavy atom. The number of ether oxygens (including phenoxy) is 2. The summed E-state index contributed by atoms with van der Waals surface area (Å²) >= 11 is 0. The van der Waals surface area contributed by atoms with Crippen molar-refractivity contribution in [1.82, 2.24) is 10.6 Å². The first-order chi connectivity index (χ1) is 9.77. The maximum atomic E-state index is 12.4. The molecule has 0 aromatic carbocycles. The molecule has 0 unspecified atom stereocenters. The molecule has 1 saturated heterocycles. The lowest BCUT2D eigenvalue weighted by molar-refractivity contribution is -0.136. The van der Waals surface area contributed by atoms with Gasteiger partial charge in [0.05, 0.1) is 24.7 Å². The molecule has 2 fully saturated rings. The van der Waals surface area contributed by atoms with E-state index in [1.165, 1.54) is 25.7 Å². The third-order valence-corrected chi connectivity index (χ3v) is 4.51.